The van der Waals surface area contributed by atoms with Crippen LogP contribution in [0.2, 0.25) is 0 Å². The largest absolute Gasteiger partial charge is 0.454 e. The number of rotatable bonds is 4. The van der Waals surface area contributed by atoms with Crippen LogP contribution in [-0.2, 0) is 11.3 Å². The minimum absolute atomic E-state index is 0.215. The van der Waals surface area contributed by atoms with Crippen LogP contribution in [0.15, 0.2) is 28.8 Å². The highest BCUT2D eigenvalue weighted by atomic mass is 79.9. The van der Waals surface area contributed by atoms with Gasteiger partial charge in [0.2, 0.25) is 6.79 Å². The lowest BCUT2D eigenvalue weighted by Crippen LogP contribution is -2.37. The molecule has 1 heterocycles. The third-order valence-corrected chi connectivity index (χ3v) is 3.75. The number of amides is 1. The maximum absolute atomic E-state index is 12.4. The van der Waals surface area contributed by atoms with Gasteiger partial charge in [-0.1, -0.05) is 28.1 Å². The Morgan fingerprint density at radius 3 is 2.52 bits per heavy atom. The summed E-state index contributed by atoms with van der Waals surface area (Å²) in [7, 11) is 0. The first-order chi connectivity index (χ1) is 10.7. The minimum atomic E-state index is -0.545. The van der Waals surface area contributed by atoms with E-state index in [1.54, 1.807) is 4.90 Å². The van der Waals surface area contributed by atoms with E-state index in [1.807, 2.05) is 39.8 Å². The Kier molecular flexibility index (Phi) is 5.24. The summed E-state index contributed by atoms with van der Waals surface area (Å²) in [6.45, 7) is 12.3. The monoisotopic (exact) mass is 383 g/mol. The molecular formula is C17H22BrNO4. The molecule has 0 N–H and O–H groups in total. The van der Waals surface area contributed by atoms with Crippen LogP contribution >= 0.6 is 15.9 Å². The van der Waals surface area contributed by atoms with Crippen molar-refractivity contribution in [3.63, 3.8) is 0 Å². The van der Waals surface area contributed by atoms with E-state index in [-0.39, 0.29) is 12.9 Å². The van der Waals surface area contributed by atoms with Gasteiger partial charge in [0.1, 0.15) is 5.60 Å². The molecule has 0 aliphatic carbocycles. The lowest BCUT2D eigenvalue weighted by Gasteiger charge is -2.28. The topological polar surface area (TPSA) is 48.0 Å². The highest BCUT2D eigenvalue weighted by Crippen LogP contribution is 2.37. The van der Waals surface area contributed by atoms with E-state index in [2.05, 4.69) is 22.5 Å². The molecule has 1 amide bonds. The predicted octanol–water partition coefficient (Wildman–Crippen LogP) is 4.49. The fraction of sp³-hybridized carbons (Fsp3) is 0.471. The third kappa shape index (κ3) is 4.89. The van der Waals surface area contributed by atoms with E-state index in [4.69, 9.17) is 14.2 Å². The molecule has 0 saturated carbocycles. The van der Waals surface area contributed by atoms with E-state index >= 15 is 0 Å². The molecule has 5 nitrogen and oxygen atoms in total. The molecule has 0 spiro atoms. The number of benzene rings is 1. The van der Waals surface area contributed by atoms with Crippen molar-refractivity contribution >= 4 is 22.0 Å². The van der Waals surface area contributed by atoms with E-state index in [9.17, 15) is 4.79 Å². The molecule has 1 aliphatic heterocycles. The van der Waals surface area contributed by atoms with Crippen molar-refractivity contribution in [3.8, 4) is 11.5 Å². The van der Waals surface area contributed by atoms with Crippen molar-refractivity contribution < 1.29 is 19.0 Å². The zero-order valence-corrected chi connectivity index (χ0v) is 15.5. The molecule has 126 valence electrons. The quantitative estimate of drug-likeness (QED) is 0.718. The van der Waals surface area contributed by atoms with Gasteiger partial charge in [-0.15, -0.1) is 0 Å². The maximum Gasteiger partial charge on any atom is 0.410 e. The second kappa shape index (κ2) is 6.83. The van der Waals surface area contributed by atoms with Gasteiger partial charge in [0.05, 0.1) is 6.54 Å². The Morgan fingerprint density at radius 1 is 1.35 bits per heavy atom. The van der Waals surface area contributed by atoms with Crippen molar-refractivity contribution in [1.29, 1.82) is 0 Å². The fourth-order valence-electron chi connectivity index (χ4n) is 2.12. The number of hydrogen-bond donors (Lipinski definition) is 0. The Bertz CT molecular complexity index is 622. The van der Waals surface area contributed by atoms with Crippen LogP contribution in [0.1, 0.15) is 33.3 Å². The zero-order valence-electron chi connectivity index (χ0n) is 13.9. The molecule has 1 aromatic carbocycles. The summed E-state index contributed by atoms with van der Waals surface area (Å²) in [6.07, 6.45) is -0.370. The smallest absolute Gasteiger partial charge is 0.410 e. The lowest BCUT2D eigenvalue weighted by atomic mass is 10.1. The first-order valence-corrected chi connectivity index (χ1v) is 8.15. The van der Waals surface area contributed by atoms with Crippen LogP contribution in [0.25, 0.3) is 0 Å². The summed E-state index contributed by atoms with van der Waals surface area (Å²) in [5.74, 6) is 1.38. The number of nitrogens with zero attached hydrogens (tertiary/aromatic N) is 1. The Hall–Kier alpha value is -1.69. The van der Waals surface area contributed by atoms with E-state index < -0.39 is 5.60 Å². The van der Waals surface area contributed by atoms with Crippen molar-refractivity contribution in [2.75, 3.05) is 13.3 Å². The minimum Gasteiger partial charge on any atom is -0.454 e. The average Bonchev–Trinajstić information content (AvgIpc) is 2.82. The van der Waals surface area contributed by atoms with Gasteiger partial charge in [0.25, 0.3) is 0 Å². The summed E-state index contributed by atoms with van der Waals surface area (Å²) in [6, 6.07) is 3.73. The summed E-state index contributed by atoms with van der Waals surface area (Å²) in [5, 5.41) is 0. The molecule has 0 atom stereocenters. The predicted molar refractivity (Wildman–Crippen MR) is 91.7 cm³/mol. The number of carbonyl (C=O) groups is 1. The van der Waals surface area contributed by atoms with Crippen molar-refractivity contribution in [3.05, 3.63) is 34.3 Å². The Balaban J connectivity index is 2.21. The SMILES string of the molecule is C=C(C)CN(Cc1cc2c(cc1Br)OCO2)C(=O)OC(C)(C)C. The average molecular weight is 384 g/mol. The second-order valence-electron chi connectivity index (χ2n) is 6.59. The number of carbonyl (C=O) groups excluding carboxylic acids is 1. The summed E-state index contributed by atoms with van der Waals surface area (Å²) < 4.78 is 17.1. The van der Waals surface area contributed by atoms with Gasteiger partial charge in [-0.3, -0.25) is 4.90 Å². The second-order valence-corrected chi connectivity index (χ2v) is 7.44. The molecule has 1 aliphatic rings. The van der Waals surface area contributed by atoms with Crippen LogP contribution < -0.4 is 9.47 Å². The van der Waals surface area contributed by atoms with Crippen LogP contribution in [0.4, 0.5) is 4.79 Å². The van der Waals surface area contributed by atoms with Gasteiger partial charge >= 0.3 is 6.09 Å². The van der Waals surface area contributed by atoms with Crippen LogP contribution in [0, 0.1) is 0 Å². The molecule has 0 fully saturated rings. The molecule has 2 rings (SSSR count). The van der Waals surface area contributed by atoms with E-state index in [0.29, 0.717) is 24.6 Å². The van der Waals surface area contributed by atoms with E-state index in [0.717, 1.165) is 15.6 Å². The van der Waals surface area contributed by atoms with Crippen molar-refractivity contribution in [2.24, 2.45) is 0 Å². The summed E-state index contributed by atoms with van der Waals surface area (Å²) in [4.78, 5) is 14.1. The van der Waals surface area contributed by atoms with Crippen LogP contribution in [0.5, 0.6) is 11.5 Å². The van der Waals surface area contributed by atoms with Gasteiger partial charge in [-0.05, 0) is 45.4 Å². The van der Waals surface area contributed by atoms with Gasteiger partial charge in [0, 0.05) is 11.0 Å². The highest BCUT2D eigenvalue weighted by Gasteiger charge is 2.24. The summed E-state index contributed by atoms with van der Waals surface area (Å²) in [5.41, 5.74) is 1.25. The van der Waals surface area contributed by atoms with Gasteiger partial charge in [-0.25, -0.2) is 4.79 Å². The molecule has 0 unspecified atom stereocenters. The van der Waals surface area contributed by atoms with Crippen molar-refractivity contribution in [2.45, 2.75) is 39.8 Å². The van der Waals surface area contributed by atoms with Crippen molar-refractivity contribution in [1.82, 2.24) is 4.90 Å². The molecule has 6 heteroatoms. The number of hydrogen-bond acceptors (Lipinski definition) is 4. The normalized spacial score (nSPS) is 12.9. The Labute approximate surface area is 145 Å². The highest BCUT2D eigenvalue weighted by molar-refractivity contribution is 9.10. The van der Waals surface area contributed by atoms with E-state index in [1.165, 1.54) is 0 Å². The zero-order chi connectivity index (χ0) is 17.2. The first-order valence-electron chi connectivity index (χ1n) is 7.36. The third-order valence-electron chi connectivity index (χ3n) is 3.02. The van der Waals surface area contributed by atoms with Gasteiger partial charge < -0.3 is 14.2 Å². The standard InChI is InChI=1S/C17H22BrNO4/c1-11(2)8-19(16(20)23-17(3,4)5)9-12-6-14-15(7-13(12)18)22-10-21-14/h6-7H,1,8-10H2,2-5H3. The first kappa shape index (κ1) is 17.7. The fourth-order valence-corrected chi connectivity index (χ4v) is 2.57. The summed E-state index contributed by atoms with van der Waals surface area (Å²) >= 11 is 3.52. The number of fused-ring (bicyclic) bond motifs is 1. The van der Waals surface area contributed by atoms with Gasteiger partial charge in [-0.2, -0.15) is 0 Å². The lowest BCUT2D eigenvalue weighted by molar-refractivity contribution is 0.0251. The van der Waals surface area contributed by atoms with Crippen LogP contribution in [-0.4, -0.2) is 29.9 Å². The molecular weight excluding hydrogens is 362 g/mol. The molecule has 0 saturated heterocycles. The molecule has 23 heavy (non-hydrogen) atoms. The van der Waals surface area contributed by atoms with Crippen LogP contribution in [0.3, 0.4) is 0 Å². The number of ether oxygens (including phenoxy) is 3. The molecule has 0 aromatic heterocycles. The molecule has 0 radical (unpaired) electrons. The molecule has 1 aromatic rings. The number of halogens is 1. The maximum atomic E-state index is 12.4. The van der Waals surface area contributed by atoms with Gasteiger partial charge in [0.15, 0.2) is 11.5 Å². The molecule has 0 bridgehead atoms. The Morgan fingerprint density at radius 2 is 1.96 bits per heavy atom.